The summed E-state index contributed by atoms with van der Waals surface area (Å²) in [5, 5.41) is 3.69. The van der Waals surface area contributed by atoms with Crippen molar-refractivity contribution in [1.82, 2.24) is 5.32 Å². The molecular weight excluding hydrogens is 342 g/mol. The van der Waals surface area contributed by atoms with Crippen molar-refractivity contribution in [3.63, 3.8) is 0 Å². The van der Waals surface area contributed by atoms with E-state index in [2.05, 4.69) is 42.6 Å². The average molecular weight is 378 g/mol. The Morgan fingerprint density at radius 1 is 1.04 bits per heavy atom. The monoisotopic (exact) mass is 377 g/mol. The third kappa shape index (κ3) is 2.46. The van der Waals surface area contributed by atoms with E-state index in [-0.39, 0.29) is 10.8 Å². The molecule has 7 rings (SSSR count). The van der Waals surface area contributed by atoms with Crippen LogP contribution in [-0.4, -0.2) is 18.4 Å². The molecule has 5 aliphatic carbocycles. The van der Waals surface area contributed by atoms with Crippen molar-refractivity contribution in [3.05, 3.63) is 35.9 Å². The summed E-state index contributed by atoms with van der Waals surface area (Å²) >= 11 is 0. The van der Waals surface area contributed by atoms with Crippen LogP contribution in [-0.2, 0) is 10.2 Å². The Kier molecular flexibility index (Phi) is 3.75. The van der Waals surface area contributed by atoms with E-state index < -0.39 is 0 Å². The van der Waals surface area contributed by atoms with Gasteiger partial charge in [0.2, 0.25) is 0 Å². The highest BCUT2D eigenvalue weighted by molar-refractivity contribution is 5.86. The first kappa shape index (κ1) is 17.7. The summed E-state index contributed by atoms with van der Waals surface area (Å²) in [5.74, 6) is 2.87. The number of hydrogen-bond donors (Lipinski definition) is 1. The molecule has 0 radical (unpaired) electrons. The zero-order valence-corrected chi connectivity index (χ0v) is 17.4. The van der Waals surface area contributed by atoms with Crippen LogP contribution in [0.4, 0.5) is 0 Å². The molecule has 7 atom stereocenters. The first-order chi connectivity index (χ1) is 13.5. The van der Waals surface area contributed by atoms with Gasteiger partial charge in [-0.05, 0) is 92.1 Å². The number of nitrogens with one attached hydrogen (secondary N) is 1. The molecule has 6 fully saturated rings. The lowest BCUT2D eigenvalue weighted by molar-refractivity contribution is -0.162. The number of fused-ring (bicyclic) bond motifs is 2. The maximum Gasteiger partial charge on any atom is 0.139 e. The smallest absolute Gasteiger partial charge is 0.139 e. The fourth-order valence-electron chi connectivity index (χ4n) is 9.11. The molecule has 150 valence electrons. The third-order valence-corrected chi connectivity index (χ3v) is 9.82. The molecule has 2 heteroatoms. The van der Waals surface area contributed by atoms with Crippen molar-refractivity contribution in [2.24, 2.45) is 28.6 Å². The van der Waals surface area contributed by atoms with E-state index in [4.69, 9.17) is 0 Å². The summed E-state index contributed by atoms with van der Waals surface area (Å²) < 4.78 is 0. The Morgan fingerprint density at radius 2 is 1.89 bits per heavy atom. The zero-order chi connectivity index (χ0) is 19.0. The van der Waals surface area contributed by atoms with Gasteiger partial charge in [0.1, 0.15) is 5.78 Å². The Morgan fingerprint density at radius 3 is 2.61 bits per heavy atom. The van der Waals surface area contributed by atoms with Gasteiger partial charge in [0.15, 0.2) is 0 Å². The number of hydrogen-bond acceptors (Lipinski definition) is 2. The number of rotatable bonds is 5. The molecule has 6 bridgehead atoms. The van der Waals surface area contributed by atoms with E-state index in [1.807, 2.05) is 0 Å². The number of benzene rings is 1. The molecule has 1 aromatic rings. The number of Topliss-reactive ketones (excluding diaryl/α,β-unsaturated/α-hetero) is 1. The normalized spacial score (nSPS) is 48.3. The van der Waals surface area contributed by atoms with E-state index in [1.54, 1.807) is 0 Å². The summed E-state index contributed by atoms with van der Waals surface area (Å²) in [5.41, 5.74) is 2.18. The summed E-state index contributed by atoms with van der Waals surface area (Å²) in [7, 11) is 0. The lowest BCUT2D eigenvalue weighted by Gasteiger charge is -2.66. The summed E-state index contributed by atoms with van der Waals surface area (Å²) in [6.07, 6.45) is 12.3. The molecule has 28 heavy (non-hydrogen) atoms. The summed E-state index contributed by atoms with van der Waals surface area (Å²) in [4.78, 5) is 13.9. The van der Waals surface area contributed by atoms with E-state index in [9.17, 15) is 4.79 Å². The van der Waals surface area contributed by atoms with Gasteiger partial charge in [-0.15, -0.1) is 0 Å². The molecule has 1 N–H and O–H groups in total. The van der Waals surface area contributed by atoms with Crippen LogP contribution in [0.2, 0.25) is 0 Å². The summed E-state index contributed by atoms with van der Waals surface area (Å²) in [6, 6.07) is 11.9. The molecule has 1 aliphatic heterocycles. The largest absolute Gasteiger partial charge is 0.313 e. The van der Waals surface area contributed by atoms with Crippen molar-refractivity contribution in [3.8, 4) is 0 Å². The van der Waals surface area contributed by atoms with E-state index >= 15 is 0 Å². The molecule has 0 aromatic heterocycles. The van der Waals surface area contributed by atoms with Gasteiger partial charge in [-0.1, -0.05) is 43.7 Å². The molecule has 1 heterocycles. The SMILES string of the molecule is CC[C@]12CC3CC(C(=O)CC4CC5CNC4C5)(C1)C[C@@](c1ccccc1)(C3)C2. The molecule has 6 aliphatic rings. The first-order valence-corrected chi connectivity index (χ1v) is 11.9. The van der Waals surface area contributed by atoms with Crippen molar-refractivity contribution >= 4 is 5.78 Å². The van der Waals surface area contributed by atoms with E-state index in [0.29, 0.717) is 23.2 Å². The van der Waals surface area contributed by atoms with Crippen molar-refractivity contribution < 1.29 is 4.79 Å². The van der Waals surface area contributed by atoms with Crippen molar-refractivity contribution in [1.29, 1.82) is 0 Å². The van der Waals surface area contributed by atoms with Crippen LogP contribution in [0.3, 0.4) is 0 Å². The zero-order valence-electron chi connectivity index (χ0n) is 17.4. The van der Waals surface area contributed by atoms with E-state index in [0.717, 1.165) is 24.7 Å². The van der Waals surface area contributed by atoms with Crippen molar-refractivity contribution in [2.75, 3.05) is 6.54 Å². The molecule has 1 aromatic carbocycles. The lowest BCUT2D eigenvalue weighted by Crippen LogP contribution is -2.61. The van der Waals surface area contributed by atoms with Gasteiger partial charge in [0.25, 0.3) is 0 Å². The Hall–Kier alpha value is -1.15. The molecule has 2 nitrogen and oxygen atoms in total. The predicted octanol–water partition coefficient (Wildman–Crippen LogP) is 5.26. The highest BCUT2D eigenvalue weighted by Crippen LogP contribution is 2.71. The standard InChI is InChI=1S/C26H35NO/c1-2-24-11-19-12-25(15-24,21-6-4-3-5-7-21)17-26(13-19,16-24)23(28)10-20-8-18-9-22(20)27-14-18/h3-7,18-20,22,27H,2,8-17H2,1H3/t18?,19?,20?,22?,24-,25-,26?/m1/s1. The minimum atomic E-state index is -0.0207. The number of carbonyl (C=O) groups is 1. The second kappa shape index (κ2) is 5.94. The number of ketones is 1. The molecule has 0 amide bonds. The van der Waals surface area contributed by atoms with Gasteiger partial charge in [0.05, 0.1) is 0 Å². The highest BCUT2D eigenvalue weighted by Gasteiger charge is 2.65. The van der Waals surface area contributed by atoms with Gasteiger partial charge >= 0.3 is 0 Å². The number of carbonyl (C=O) groups excluding carboxylic acids is 1. The first-order valence-electron chi connectivity index (χ1n) is 11.9. The Labute approximate surface area is 169 Å². The molecule has 0 spiro atoms. The van der Waals surface area contributed by atoms with Gasteiger partial charge in [-0.2, -0.15) is 0 Å². The van der Waals surface area contributed by atoms with E-state index in [1.165, 1.54) is 63.5 Å². The Bertz CT molecular complexity index is 789. The van der Waals surface area contributed by atoms with Crippen molar-refractivity contribution in [2.45, 2.75) is 82.6 Å². The quantitative estimate of drug-likeness (QED) is 0.758. The maximum absolute atomic E-state index is 13.9. The maximum atomic E-state index is 13.9. The molecule has 5 unspecified atom stereocenters. The van der Waals surface area contributed by atoms with Gasteiger partial charge in [0, 0.05) is 17.9 Å². The fraction of sp³-hybridized carbons (Fsp3) is 0.731. The second-order valence-electron chi connectivity index (χ2n) is 11.5. The minimum absolute atomic E-state index is 0.0207. The van der Waals surface area contributed by atoms with Crippen LogP contribution in [0, 0.1) is 28.6 Å². The highest BCUT2D eigenvalue weighted by atomic mass is 16.1. The lowest BCUT2D eigenvalue weighted by atomic mass is 9.37. The Balaban J connectivity index is 1.34. The average Bonchev–Trinajstić information content (AvgIpc) is 3.31. The predicted molar refractivity (Wildman–Crippen MR) is 112 cm³/mol. The fourth-order valence-corrected chi connectivity index (χ4v) is 9.11. The van der Waals surface area contributed by atoms with Crippen LogP contribution in [0.5, 0.6) is 0 Å². The van der Waals surface area contributed by atoms with Crippen LogP contribution in [0.15, 0.2) is 30.3 Å². The number of piperidine rings is 1. The van der Waals surface area contributed by atoms with Gasteiger partial charge in [-0.25, -0.2) is 0 Å². The van der Waals surface area contributed by atoms with Crippen LogP contribution in [0.25, 0.3) is 0 Å². The molecule has 5 saturated carbocycles. The van der Waals surface area contributed by atoms with Crippen LogP contribution in [0.1, 0.15) is 76.7 Å². The van der Waals surface area contributed by atoms with Gasteiger partial charge < -0.3 is 5.32 Å². The third-order valence-electron chi connectivity index (χ3n) is 9.82. The van der Waals surface area contributed by atoms with Crippen LogP contribution >= 0.6 is 0 Å². The summed E-state index contributed by atoms with van der Waals surface area (Å²) in [6.45, 7) is 3.59. The molecule has 1 saturated heterocycles. The molecular formula is C26H35NO. The second-order valence-corrected chi connectivity index (χ2v) is 11.5. The van der Waals surface area contributed by atoms with Crippen LogP contribution < -0.4 is 5.32 Å². The topological polar surface area (TPSA) is 29.1 Å². The van der Waals surface area contributed by atoms with Gasteiger partial charge in [-0.3, -0.25) is 4.79 Å². The minimum Gasteiger partial charge on any atom is -0.313 e.